The monoisotopic (exact) mass is 325 g/mol. The van der Waals surface area contributed by atoms with Crippen molar-refractivity contribution in [3.05, 3.63) is 33.8 Å². The molecule has 0 bridgehead atoms. The third-order valence-corrected chi connectivity index (χ3v) is 4.21. The molecular formula is C14H16BrNO3. The minimum Gasteiger partial charge on any atom is -0.481 e. The number of benzene rings is 1. The summed E-state index contributed by atoms with van der Waals surface area (Å²) >= 11 is 3.39. The molecule has 1 fully saturated rings. The van der Waals surface area contributed by atoms with Gasteiger partial charge >= 0.3 is 5.97 Å². The van der Waals surface area contributed by atoms with Gasteiger partial charge in [0.1, 0.15) is 0 Å². The summed E-state index contributed by atoms with van der Waals surface area (Å²) < 4.78 is 0.952. The van der Waals surface area contributed by atoms with Crippen LogP contribution in [0.4, 0.5) is 0 Å². The average molecular weight is 326 g/mol. The first-order valence-electron chi connectivity index (χ1n) is 6.26. The van der Waals surface area contributed by atoms with E-state index in [1.165, 1.54) is 0 Å². The summed E-state index contributed by atoms with van der Waals surface area (Å²) in [6.45, 7) is 1.91. The molecule has 4 nitrogen and oxygen atoms in total. The number of carboxylic acid groups (broad SMARTS) is 1. The number of hydrogen-bond donors (Lipinski definition) is 2. The number of carbonyl (C=O) groups is 2. The molecule has 2 rings (SSSR count). The van der Waals surface area contributed by atoms with Crippen LogP contribution in [0.2, 0.25) is 0 Å². The van der Waals surface area contributed by atoms with E-state index in [4.69, 9.17) is 5.11 Å². The number of nitrogens with one attached hydrogen (secondary N) is 1. The van der Waals surface area contributed by atoms with Crippen LogP contribution in [-0.2, 0) is 4.79 Å². The van der Waals surface area contributed by atoms with Crippen LogP contribution < -0.4 is 5.32 Å². The number of rotatable bonds is 5. The maximum atomic E-state index is 12.1. The molecule has 1 amide bonds. The van der Waals surface area contributed by atoms with E-state index in [1.54, 1.807) is 12.1 Å². The normalized spacial score (nSPS) is 15.9. The summed E-state index contributed by atoms with van der Waals surface area (Å²) in [6.07, 6.45) is 1.99. The molecule has 1 saturated carbocycles. The van der Waals surface area contributed by atoms with Crippen molar-refractivity contribution in [2.24, 2.45) is 5.92 Å². The van der Waals surface area contributed by atoms with E-state index in [2.05, 4.69) is 21.2 Å². The fourth-order valence-electron chi connectivity index (χ4n) is 2.06. The Kier molecular flexibility index (Phi) is 4.24. The summed E-state index contributed by atoms with van der Waals surface area (Å²) in [7, 11) is 0. The standard InChI is InChI=1S/C14H16BrNO3/c1-8-6-10(4-5-11(8)15)14(19)16-12(7-13(17)18)9-2-3-9/h4-6,9,12H,2-3,7H2,1H3,(H,16,19)(H,17,18). The minimum absolute atomic E-state index is 0.00802. The first kappa shape index (κ1) is 14.1. The van der Waals surface area contributed by atoms with E-state index in [9.17, 15) is 9.59 Å². The molecule has 1 atom stereocenters. The molecule has 0 spiro atoms. The van der Waals surface area contributed by atoms with Gasteiger partial charge in [-0.3, -0.25) is 9.59 Å². The number of carboxylic acids is 1. The van der Waals surface area contributed by atoms with Crippen molar-refractivity contribution < 1.29 is 14.7 Å². The van der Waals surface area contributed by atoms with Crippen molar-refractivity contribution in [2.75, 3.05) is 0 Å². The predicted molar refractivity (Wildman–Crippen MR) is 75.1 cm³/mol. The maximum absolute atomic E-state index is 12.1. The Morgan fingerprint density at radius 1 is 1.47 bits per heavy atom. The lowest BCUT2D eigenvalue weighted by Crippen LogP contribution is -2.38. The van der Waals surface area contributed by atoms with E-state index >= 15 is 0 Å². The molecule has 1 aliphatic carbocycles. The minimum atomic E-state index is -0.871. The number of carbonyl (C=O) groups excluding carboxylic acids is 1. The Labute approximate surface area is 120 Å². The third-order valence-electron chi connectivity index (χ3n) is 3.32. The molecule has 1 aromatic rings. The van der Waals surface area contributed by atoms with Gasteiger partial charge in [-0.05, 0) is 49.4 Å². The van der Waals surface area contributed by atoms with Gasteiger partial charge in [0.15, 0.2) is 0 Å². The van der Waals surface area contributed by atoms with E-state index in [0.29, 0.717) is 11.5 Å². The van der Waals surface area contributed by atoms with Crippen LogP contribution in [0.3, 0.4) is 0 Å². The van der Waals surface area contributed by atoms with Crippen LogP contribution in [0.1, 0.15) is 35.2 Å². The topological polar surface area (TPSA) is 66.4 Å². The number of aryl methyl sites for hydroxylation is 1. The molecule has 102 valence electrons. The van der Waals surface area contributed by atoms with Crippen LogP contribution in [-0.4, -0.2) is 23.0 Å². The maximum Gasteiger partial charge on any atom is 0.305 e. The van der Waals surface area contributed by atoms with Gasteiger partial charge in [-0.25, -0.2) is 0 Å². The predicted octanol–water partition coefficient (Wildman–Crippen LogP) is 2.74. The van der Waals surface area contributed by atoms with E-state index in [0.717, 1.165) is 22.9 Å². The van der Waals surface area contributed by atoms with Gasteiger partial charge < -0.3 is 10.4 Å². The summed E-state index contributed by atoms with van der Waals surface area (Å²) in [4.78, 5) is 22.9. The lowest BCUT2D eigenvalue weighted by Gasteiger charge is -2.16. The highest BCUT2D eigenvalue weighted by Gasteiger charge is 2.33. The van der Waals surface area contributed by atoms with Gasteiger partial charge in [-0.2, -0.15) is 0 Å². The van der Waals surface area contributed by atoms with Crippen molar-refractivity contribution in [3.8, 4) is 0 Å². The van der Waals surface area contributed by atoms with Gasteiger partial charge in [0.05, 0.1) is 6.42 Å². The Morgan fingerprint density at radius 3 is 2.68 bits per heavy atom. The van der Waals surface area contributed by atoms with Crippen molar-refractivity contribution in [1.29, 1.82) is 0 Å². The zero-order valence-corrected chi connectivity index (χ0v) is 12.2. The summed E-state index contributed by atoms with van der Waals surface area (Å²) in [5.41, 5.74) is 1.55. The molecule has 2 N–H and O–H groups in total. The zero-order valence-electron chi connectivity index (χ0n) is 10.6. The zero-order chi connectivity index (χ0) is 14.0. The fourth-order valence-corrected chi connectivity index (χ4v) is 2.31. The molecule has 1 aromatic carbocycles. The Bertz CT molecular complexity index is 511. The second kappa shape index (κ2) is 5.74. The van der Waals surface area contributed by atoms with Gasteiger partial charge in [0.2, 0.25) is 0 Å². The first-order chi connectivity index (χ1) is 8.97. The van der Waals surface area contributed by atoms with Crippen molar-refractivity contribution in [2.45, 2.75) is 32.2 Å². The van der Waals surface area contributed by atoms with E-state index in [1.807, 2.05) is 13.0 Å². The molecule has 1 unspecified atom stereocenters. The Hall–Kier alpha value is -1.36. The van der Waals surface area contributed by atoms with Gasteiger partial charge in [0.25, 0.3) is 5.91 Å². The van der Waals surface area contributed by atoms with Crippen molar-refractivity contribution in [3.63, 3.8) is 0 Å². The molecule has 0 heterocycles. The Morgan fingerprint density at radius 2 is 2.16 bits per heavy atom. The average Bonchev–Trinajstić information content (AvgIpc) is 3.15. The third kappa shape index (κ3) is 3.80. The number of halogens is 1. The number of aliphatic carboxylic acids is 1. The lowest BCUT2D eigenvalue weighted by atomic mass is 10.1. The van der Waals surface area contributed by atoms with Gasteiger partial charge in [-0.1, -0.05) is 15.9 Å². The Balaban J connectivity index is 2.05. The fraction of sp³-hybridized carbons (Fsp3) is 0.429. The number of hydrogen-bond acceptors (Lipinski definition) is 2. The molecule has 0 aromatic heterocycles. The smallest absolute Gasteiger partial charge is 0.305 e. The largest absolute Gasteiger partial charge is 0.481 e. The van der Waals surface area contributed by atoms with E-state index in [-0.39, 0.29) is 18.4 Å². The van der Waals surface area contributed by atoms with Crippen molar-refractivity contribution in [1.82, 2.24) is 5.32 Å². The van der Waals surface area contributed by atoms with Gasteiger partial charge in [-0.15, -0.1) is 0 Å². The van der Waals surface area contributed by atoms with Crippen LogP contribution >= 0.6 is 15.9 Å². The highest BCUT2D eigenvalue weighted by Crippen LogP contribution is 2.34. The molecule has 0 aliphatic heterocycles. The molecule has 0 saturated heterocycles. The molecular weight excluding hydrogens is 310 g/mol. The van der Waals surface area contributed by atoms with E-state index < -0.39 is 5.97 Å². The second-order valence-electron chi connectivity index (χ2n) is 4.98. The highest BCUT2D eigenvalue weighted by atomic mass is 79.9. The number of amides is 1. The van der Waals surface area contributed by atoms with Gasteiger partial charge in [0, 0.05) is 16.1 Å². The SMILES string of the molecule is Cc1cc(C(=O)NC(CC(=O)O)C2CC2)ccc1Br. The first-order valence-corrected chi connectivity index (χ1v) is 7.05. The quantitative estimate of drug-likeness (QED) is 0.874. The van der Waals surface area contributed by atoms with Crippen LogP contribution in [0.25, 0.3) is 0 Å². The van der Waals surface area contributed by atoms with Crippen LogP contribution in [0.5, 0.6) is 0 Å². The molecule has 0 radical (unpaired) electrons. The summed E-state index contributed by atoms with van der Waals surface area (Å²) in [5.74, 6) is -0.755. The van der Waals surface area contributed by atoms with Crippen molar-refractivity contribution >= 4 is 27.8 Å². The molecule has 19 heavy (non-hydrogen) atoms. The summed E-state index contributed by atoms with van der Waals surface area (Å²) in [6, 6.07) is 5.10. The molecule has 1 aliphatic rings. The lowest BCUT2D eigenvalue weighted by molar-refractivity contribution is -0.137. The highest BCUT2D eigenvalue weighted by molar-refractivity contribution is 9.10. The van der Waals surface area contributed by atoms with Crippen LogP contribution in [0, 0.1) is 12.8 Å². The molecule has 5 heteroatoms. The summed E-state index contributed by atoms with van der Waals surface area (Å²) in [5, 5.41) is 11.7. The van der Waals surface area contributed by atoms with Crippen LogP contribution in [0.15, 0.2) is 22.7 Å². The second-order valence-corrected chi connectivity index (χ2v) is 5.83.